The van der Waals surface area contributed by atoms with Gasteiger partial charge in [0.1, 0.15) is 0 Å². The topological polar surface area (TPSA) is 0 Å². The highest BCUT2D eigenvalue weighted by molar-refractivity contribution is 7.26. The Morgan fingerprint density at radius 2 is 0.787 bits per heavy atom. The molecule has 1 heteroatoms. The largest absolute Gasteiger partial charge is 0.135 e. The number of benzene rings is 9. The lowest BCUT2D eigenvalue weighted by Crippen LogP contribution is -1.86. The van der Waals surface area contributed by atoms with E-state index in [9.17, 15) is 0 Å². The van der Waals surface area contributed by atoms with Crippen LogP contribution < -0.4 is 0 Å². The minimum absolute atomic E-state index is 1.23. The highest BCUT2D eigenvalue weighted by Crippen LogP contribution is 2.44. The van der Waals surface area contributed by atoms with Gasteiger partial charge in [-0.1, -0.05) is 133 Å². The number of fused-ring (bicyclic) bond motifs is 11. The van der Waals surface area contributed by atoms with Crippen LogP contribution in [0.5, 0.6) is 0 Å². The van der Waals surface area contributed by atoms with Gasteiger partial charge in [0.25, 0.3) is 0 Å². The van der Waals surface area contributed by atoms with Crippen LogP contribution in [0.4, 0.5) is 0 Å². The Balaban J connectivity index is 1.16. The highest BCUT2D eigenvalue weighted by atomic mass is 32.1. The van der Waals surface area contributed by atoms with E-state index in [1.54, 1.807) is 0 Å². The van der Waals surface area contributed by atoms with Gasteiger partial charge in [-0.25, -0.2) is 0 Å². The molecular formula is C46H28S. The summed E-state index contributed by atoms with van der Waals surface area (Å²) in [6, 6.07) is 62.7. The molecule has 0 aliphatic rings. The molecule has 0 N–H and O–H groups in total. The van der Waals surface area contributed by atoms with E-state index < -0.39 is 0 Å². The summed E-state index contributed by atoms with van der Waals surface area (Å²) in [6.45, 7) is 0. The van der Waals surface area contributed by atoms with Gasteiger partial charge in [0.05, 0.1) is 0 Å². The molecule has 10 rings (SSSR count). The molecule has 0 atom stereocenters. The average molecular weight is 613 g/mol. The highest BCUT2D eigenvalue weighted by Gasteiger charge is 2.15. The van der Waals surface area contributed by atoms with Crippen LogP contribution in [0.1, 0.15) is 0 Å². The van der Waals surface area contributed by atoms with Crippen LogP contribution in [0.25, 0.3) is 96.6 Å². The quantitative estimate of drug-likeness (QED) is 0.174. The lowest BCUT2D eigenvalue weighted by Gasteiger charge is -2.13. The number of thiophene rings is 1. The Morgan fingerprint density at radius 3 is 1.51 bits per heavy atom. The Hall–Kier alpha value is -5.76. The monoisotopic (exact) mass is 612 g/mol. The van der Waals surface area contributed by atoms with Crippen molar-refractivity contribution in [3.63, 3.8) is 0 Å². The Kier molecular flexibility index (Phi) is 5.85. The summed E-state index contributed by atoms with van der Waals surface area (Å²) in [5, 5.41) is 13.2. The smallest absolute Gasteiger partial charge is 0.0362 e. The van der Waals surface area contributed by atoms with Crippen molar-refractivity contribution in [3.8, 4) is 33.4 Å². The van der Waals surface area contributed by atoms with E-state index in [4.69, 9.17) is 0 Å². The van der Waals surface area contributed by atoms with Gasteiger partial charge in [0, 0.05) is 20.2 Å². The number of hydrogen-bond donors (Lipinski definition) is 0. The van der Waals surface area contributed by atoms with Crippen molar-refractivity contribution in [1.29, 1.82) is 0 Å². The third-order valence-electron chi connectivity index (χ3n) is 9.82. The van der Waals surface area contributed by atoms with Gasteiger partial charge < -0.3 is 0 Å². The summed E-state index contributed by atoms with van der Waals surface area (Å²) < 4.78 is 2.69. The lowest BCUT2D eigenvalue weighted by atomic mass is 9.90. The molecule has 0 aliphatic heterocycles. The summed E-state index contributed by atoms with van der Waals surface area (Å²) in [5.41, 5.74) is 7.39. The Bertz CT molecular complexity index is 2840. The first kappa shape index (κ1) is 26.5. The van der Waals surface area contributed by atoms with Crippen molar-refractivity contribution in [1.82, 2.24) is 0 Å². The molecule has 1 heterocycles. The first-order chi connectivity index (χ1) is 23.3. The molecule has 0 nitrogen and oxygen atoms in total. The zero-order chi connectivity index (χ0) is 30.9. The van der Waals surface area contributed by atoms with Crippen LogP contribution in [0, 0.1) is 0 Å². The van der Waals surface area contributed by atoms with Crippen molar-refractivity contribution in [2.45, 2.75) is 0 Å². The summed E-state index contributed by atoms with van der Waals surface area (Å²) in [6.07, 6.45) is 0. The Morgan fingerprint density at radius 1 is 0.255 bits per heavy atom. The summed E-state index contributed by atoms with van der Waals surface area (Å²) in [7, 11) is 0. The second-order valence-corrected chi connectivity index (χ2v) is 13.6. The van der Waals surface area contributed by atoms with E-state index in [0.29, 0.717) is 0 Å². The molecule has 0 bridgehead atoms. The molecule has 0 unspecified atom stereocenters. The van der Waals surface area contributed by atoms with Gasteiger partial charge in [0.2, 0.25) is 0 Å². The molecule has 0 aliphatic carbocycles. The predicted molar refractivity (Wildman–Crippen MR) is 206 cm³/mol. The third kappa shape index (κ3) is 4.21. The number of rotatable bonds is 3. The van der Waals surface area contributed by atoms with Gasteiger partial charge in [-0.15, -0.1) is 11.3 Å². The lowest BCUT2D eigenvalue weighted by molar-refractivity contribution is 1.58. The fourth-order valence-corrected chi connectivity index (χ4v) is 8.70. The maximum absolute atomic E-state index is 2.46. The van der Waals surface area contributed by atoms with Gasteiger partial charge in [-0.05, 0) is 113 Å². The molecule has 0 amide bonds. The maximum atomic E-state index is 2.46. The molecule has 0 fully saturated rings. The molecule has 47 heavy (non-hydrogen) atoms. The minimum atomic E-state index is 1.23. The second-order valence-electron chi connectivity index (χ2n) is 12.5. The van der Waals surface area contributed by atoms with Crippen molar-refractivity contribution in [3.05, 3.63) is 170 Å². The summed E-state index contributed by atoms with van der Waals surface area (Å²) >= 11 is 1.90. The van der Waals surface area contributed by atoms with E-state index in [1.807, 2.05) is 11.3 Å². The van der Waals surface area contributed by atoms with E-state index >= 15 is 0 Å². The zero-order valence-corrected chi connectivity index (χ0v) is 26.4. The van der Waals surface area contributed by atoms with Crippen LogP contribution >= 0.6 is 11.3 Å². The number of hydrogen-bond acceptors (Lipinski definition) is 1. The van der Waals surface area contributed by atoms with E-state index in [0.717, 1.165) is 0 Å². The van der Waals surface area contributed by atoms with Crippen molar-refractivity contribution in [2.24, 2.45) is 0 Å². The molecule has 218 valence electrons. The van der Waals surface area contributed by atoms with Crippen molar-refractivity contribution >= 4 is 74.6 Å². The fourth-order valence-electron chi connectivity index (χ4n) is 7.56. The fraction of sp³-hybridized carbons (Fsp3) is 0. The van der Waals surface area contributed by atoms with Crippen molar-refractivity contribution < 1.29 is 0 Å². The normalized spacial score (nSPS) is 11.8. The molecule has 9 aromatic carbocycles. The van der Waals surface area contributed by atoms with E-state index in [1.165, 1.54) is 96.6 Å². The molecule has 0 radical (unpaired) electrons. The predicted octanol–water partition coefficient (Wildman–Crippen LogP) is 13.7. The molecule has 0 spiro atoms. The molecule has 10 aromatic rings. The van der Waals surface area contributed by atoms with Crippen LogP contribution in [0.2, 0.25) is 0 Å². The van der Waals surface area contributed by atoms with Crippen molar-refractivity contribution in [2.75, 3.05) is 0 Å². The van der Waals surface area contributed by atoms with Gasteiger partial charge in [0.15, 0.2) is 0 Å². The third-order valence-corrected chi connectivity index (χ3v) is 10.9. The van der Waals surface area contributed by atoms with Crippen LogP contribution in [0.15, 0.2) is 170 Å². The summed E-state index contributed by atoms with van der Waals surface area (Å²) in [5.74, 6) is 0. The SMILES string of the molecule is c1ccc(-c2cccc(-c3cccc(-c4ccc5c(c4)c4ccccc4c4cc6c(cc54)sc4ccc5ccccc5c46)c3)c2)cc1. The average Bonchev–Trinajstić information content (AvgIpc) is 3.53. The van der Waals surface area contributed by atoms with Crippen LogP contribution in [-0.4, -0.2) is 0 Å². The maximum Gasteiger partial charge on any atom is 0.0362 e. The van der Waals surface area contributed by atoms with Crippen LogP contribution in [-0.2, 0) is 0 Å². The zero-order valence-electron chi connectivity index (χ0n) is 25.6. The van der Waals surface area contributed by atoms with Crippen LogP contribution in [0.3, 0.4) is 0 Å². The first-order valence-corrected chi connectivity index (χ1v) is 17.0. The molecule has 0 saturated carbocycles. The molecular weight excluding hydrogens is 585 g/mol. The van der Waals surface area contributed by atoms with E-state index in [2.05, 4.69) is 170 Å². The summed E-state index contributed by atoms with van der Waals surface area (Å²) in [4.78, 5) is 0. The van der Waals surface area contributed by atoms with Gasteiger partial charge in [-0.3, -0.25) is 0 Å². The Labute approximate surface area is 276 Å². The molecule has 1 aromatic heterocycles. The second kappa shape index (κ2) is 10.4. The first-order valence-electron chi connectivity index (χ1n) is 16.2. The van der Waals surface area contributed by atoms with Gasteiger partial charge >= 0.3 is 0 Å². The standard InChI is InChI=1S/C46H28S/c1-2-10-29(11-3-1)31-13-8-14-32(24-31)33-15-9-16-34(25-33)35-20-22-39-40(26-35)37-18-6-7-19-38(37)41-27-43-45(28-42(39)41)47-44-23-21-30-12-4-5-17-36(30)46(43)44/h1-28H. The minimum Gasteiger partial charge on any atom is -0.135 e. The molecule has 0 saturated heterocycles. The van der Waals surface area contributed by atoms with Gasteiger partial charge in [-0.2, -0.15) is 0 Å². The van der Waals surface area contributed by atoms with E-state index in [-0.39, 0.29) is 0 Å².